The maximum Gasteiger partial charge on any atom is 0.0642 e. The molecule has 122 valence electrons. The van der Waals surface area contributed by atoms with E-state index in [4.69, 9.17) is 17.3 Å². The van der Waals surface area contributed by atoms with E-state index >= 15 is 0 Å². The van der Waals surface area contributed by atoms with E-state index in [0.717, 1.165) is 37.7 Å². The van der Waals surface area contributed by atoms with Gasteiger partial charge in [0.05, 0.1) is 10.7 Å². The molecule has 0 bridgehead atoms. The Hall–Kier alpha value is -0.770. The standard InChI is InChI=1S/C18H28ClN3/c1-15-6-5-7-16(19)17(15)21-10-12-22(13-11-21)18(14-20)8-3-2-4-9-18/h5-7H,2-4,8-14,20H2,1H3. The molecule has 3 nitrogen and oxygen atoms in total. The van der Waals surface area contributed by atoms with Crippen molar-refractivity contribution in [1.29, 1.82) is 0 Å². The fourth-order valence-corrected chi connectivity index (χ4v) is 4.63. The van der Waals surface area contributed by atoms with Gasteiger partial charge in [0, 0.05) is 38.3 Å². The summed E-state index contributed by atoms with van der Waals surface area (Å²) >= 11 is 6.43. The summed E-state index contributed by atoms with van der Waals surface area (Å²) in [5.41, 5.74) is 8.94. The van der Waals surface area contributed by atoms with Gasteiger partial charge in [-0.3, -0.25) is 4.90 Å². The second-order valence-corrected chi connectivity index (χ2v) is 7.28. The molecule has 0 aromatic heterocycles. The van der Waals surface area contributed by atoms with Crippen molar-refractivity contribution in [1.82, 2.24) is 4.90 Å². The van der Waals surface area contributed by atoms with Crippen LogP contribution in [-0.2, 0) is 0 Å². The number of anilines is 1. The first-order chi connectivity index (χ1) is 10.7. The van der Waals surface area contributed by atoms with Crippen LogP contribution in [0.4, 0.5) is 5.69 Å². The number of hydrogen-bond acceptors (Lipinski definition) is 3. The van der Waals surface area contributed by atoms with Gasteiger partial charge in [0.2, 0.25) is 0 Å². The van der Waals surface area contributed by atoms with E-state index in [2.05, 4.69) is 22.8 Å². The number of nitrogens with zero attached hydrogens (tertiary/aromatic N) is 2. The smallest absolute Gasteiger partial charge is 0.0642 e. The van der Waals surface area contributed by atoms with Gasteiger partial charge in [-0.1, -0.05) is 43.0 Å². The van der Waals surface area contributed by atoms with Crippen LogP contribution in [0.3, 0.4) is 0 Å². The van der Waals surface area contributed by atoms with E-state index in [-0.39, 0.29) is 5.54 Å². The zero-order valence-corrected chi connectivity index (χ0v) is 14.4. The minimum atomic E-state index is 0.264. The van der Waals surface area contributed by atoms with Crippen molar-refractivity contribution in [2.24, 2.45) is 5.73 Å². The SMILES string of the molecule is Cc1cccc(Cl)c1N1CCN(C2(CN)CCCCC2)CC1. The molecule has 1 aromatic carbocycles. The Labute approximate surface area is 139 Å². The van der Waals surface area contributed by atoms with Gasteiger partial charge in [0.15, 0.2) is 0 Å². The number of nitrogens with two attached hydrogens (primary N) is 1. The molecule has 1 aliphatic heterocycles. The van der Waals surface area contributed by atoms with Crippen LogP contribution < -0.4 is 10.6 Å². The molecular formula is C18H28ClN3. The number of aryl methyl sites for hydroxylation is 1. The lowest BCUT2D eigenvalue weighted by atomic mass is 9.80. The molecule has 22 heavy (non-hydrogen) atoms. The van der Waals surface area contributed by atoms with Crippen LogP contribution in [0.2, 0.25) is 5.02 Å². The minimum absolute atomic E-state index is 0.264. The Bertz CT molecular complexity index is 483. The number of para-hydroxylation sites is 1. The lowest BCUT2D eigenvalue weighted by molar-refractivity contribution is 0.0518. The second kappa shape index (κ2) is 6.77. The van der Waals surface area contributed by atoms with E-state index in [1.807, 2.05) is 12.1 Å². The zero-order chi connectivity index (χ0) is 15.6. The number of piperazine rings is 1. The van der Waals surface area contributed by atoms with Crippen molar-refractivity contribution < 1.29 is 0 Å². The highest BCUT2D eigenvalue weighted by Crippen LogP contribution is 2.35. The summed E-state index contributed by atoms with van der Waals surface area (Å²) in [7, 11) is 0. The largest absolute Gasteiger partial charge is 0.368 e. The number of benzene rings is 1. The normalized spacial score (nSPS) is 22.8. The van der Waals surface area contributed by atoms with Gasteiger partial charge in [-0.15, -0.1) is 0 Å². The molecule has 0 atom stereocenters. The van der Waals surface area contributed by atoms with Crippen LogP contribution in [0.1, 0.15) is 37.7 Å². The molecule has 1 saturated heterocycles. The third-order valence-corrected chi connectivity index (χ3v) is 5.92. The molecule has 1 saturated carbocycles. The van der Waals surface area contributed by atoms with E-state index in [0.29, 0.717) is 0 Å². The first kappa shape index (κ1) is 16.1. The molecule has 1 heterocycles. The van der Waals surface area contributed by atoms with Gasteiger partial charge in [0.25, 0.3) is 0 Å². The van der Waals surface area contributed by atoms with Gasteiger partial charge < -0.3 is 10.6 Å². The molecular weight excluding hydrogens is 294 g/mol. The quantitative estimate of drug-likeness (QED) is 0.925. The lowest BCUT2D eigenvalue weighted by Crippen LogP contribution is -2.61. The summed E-state index contributed by atoms with van der Waals surface area (Å²) in [4.78, 5) is 5.11. The van der Waals surface area contributed by atoms with Crippen LogP contribution in [-0.4, -0.2) is 43.2 Å². The maximum atomic E-state index is 6.43. The first-order valence-corrected chi connectivity index (χ1v) is 8.99. The monoisotopic (exact) mass is 321 g/mol. The topological polar surface area (TPSA) is 32.5 Å². The molecule has 1 aromatic rings. The summed E-state index contributed by atoms with van der Waals surface area (Å²) in [6.45, 7) is 7.25. The predicted octanol–water partition coefficient (Wildman–Crippen LogP) is 3.43. The van der Waals surface area contributed by atoms with Gasteiger partial charge in [-0.25, -0.2) is 0 Å². The van der Waals surface area contributed by atoms with Crippen molar-refractivity contribution in [3.63, 3.8) is 0 Å². The van der Waals surface area contributed by atoms with E-state index in [1.165, 1.54) is 43.4 Å². The van der Waals surface area contributed by atoms with Crippen LogP contribution in [0.5, 0.6) is 0 Å². The molecule has 0 unspecified atom stereocenters. The highest BCUT2D eigenvalue weighted by atomic mass is 35.5. The zero-order valence-electron chi connectivity index (χ0n) is 13.7. The average Bonchev–Trinajstić information content (AvgIpc) is 2.56. The minimum Gasteiger partial charge on any atom is -0.368 e. The van der Waals surface area contributed by atoms with Gasteiger partial charge in [0.1, 0.15) is 0 Å². The Morgan fingerprint density at radius 2 is 1.77 bits per heavy atom. The van der Waals surface area contributed by atoms with E-state index in [9.17, 15) is 0 Å². The summed E-state index contributed by atoms with van der Waals surface area (Å²) in [6.07, 6.45) is 6.59. The third kappa shape index (κ3) is 2.99. The van der Waals surface area contributed by atoms with E-state index < -0.39 is 0 Å². The van der Waals surface area contributed by atoms with Gasteiger partial charge in [-0.2, -0.15) is 0 Å². The molecule has 1 aliphatic carbocycles. The second-order valence-electron chi connectivity index (χ2n) is 6.87. The van der Waals surface area contributed by atoms with Crippen LogP contribution in [0.25, 0.3) is 0 Å². The Kier molecular flexibility index (Phi) is 4.96. The van der Waals surface area contributed by atoms with Crippen molar-refractivity contribution >= 4 is 17.3 Å². The van der Waals surface area contributed by atoms with Crippen LogP contribution in [0.15, 0.2) is 18.2 Å². The third-order valence-electron chi connectivity index (χ3n) is 5.62. The predicted molar refractivity (Wildman–Crippen MR) is 94.8 cm³/mol. The van der Waals surface area contributed by atoms with E-state index in [1.54, 1.807) is 0 Å². The van der Waals surface area contributed by atoms with Crippen molar-refractivity contribution in [2.45, 2.75) is 44.6 Å². The molecule has 0 amide bonds. The van der Waals surface area contributed by atoms with Crippen molar-refractivity contribution in [3.05, 3.63) is 28.8 Å². The molecule has 0 radical (unpaired) electrons. The molecule has 3 rings (SSSR count). The highest BCUT2D eigenvalue weighted by Gasteiger charge is 2.38. The Balaban J connectivity index is 1.70. The van der Waals surface area contributed by atoms with Gasteiger partial charge >= 0.3 is 0 Å². The van der Waals surface area contributed by atoms with Gasteiger partial charge in [-0.05, 0) is 31.4 Å². The first-order valence-electron chi connectivity index (χ1n) is 8.61. The Morgan fingerprint density at radius 3 is 2.36 bits per heavy atom. The number of hydrogen-bond donors (Lipinski definition) is 1. The van der Waals surface area contributed by atoms with Crippen molar-refractivity contribution in [2.75, 3.05) is 37.6 Å². The van der Waals surface area contributed by atoms with Crippen molar-refractivity contribution in [3.8, 4) is 0 Å². The summed E-state index contributed by atoms with van der Waals surface area (Å²) in [6, 6.07) is 6.18. The highest BCUT2D eigenvalue weighted by molar-refractivity contribution is 6.33. The fourth-order valence-electron chi connectivity index (χ4n) is 4.29. The molecule has 2 N–H and O–H groups in total. The lowest BCUT2D eigenvalue weighted by Gasteiger charge is -2.50. The summed E-state index contributed by atoms with van der Waals surface area (Å²) in [5, 5.41) is 0.875. The molecule has 2 aliphatic rings. The summed E-state index contributed by atoms with van der Waals surface area (Å²) < 4.78 is 0. The van der Waals surface area contributed by atoms with Crippen LogP contribution >= 0.6 is 11.6 Å². The van der Waals surface area contributed by atoms with Crippen LogP contribution in [0, 0.1) is 6.92 Å². The maximum absolute atomic E-state index is 6.43. The molecule has 2 fully saturated rings. The number of rotatable bonds is 3. The average molecular weight is 322 g/mol. The Morgan fingerprint density at radius 1 is 1.09 bits per heavy atom. The molecule has 0 spiro atoms. The fraction of sp³-hybridized carbons (Fsp3) is 0.667. The summed E-state index contributed by atoms with van der Waals surface area (Å²) in [5.74, 6) is 0. The molecule has 4 heteroatoms. The number of halogens is 1.